The number of hydrogen-bond acceptors (Lipinski definition) is 5. The van der Waals surface area contributed by atoms with Crippen LogP contribution in [0.1, 0.15) is 18.4 Å². The molecule has 1 heterocycles. The normalized spacial score (nSPS) is 13.2. The minimum Gasteiger partial charge on any atom is -0.497 e. The molecular weight excluding hydrogens is 374 g/mol. The number of carbonyl (C=O) groups is 3. The van der Waals surface area contributed by atoms with Gasteiger partial charge in [0, 0.05) is 30.4 Å². The van der Waals surface area contributed by atoms with Crippen molar-refractivity contribution in [2.45, 2.75) is 19.8 Å². The van der Waals surface area contributed by atoms with Crippen LogP contribution >= 0.6 is 0 Å². The van der Waals surface area contributed by atoms with Crippen LogP contribution in [0.2, 0.25) is 0 Å². The number of rotatable bonds is 5. The smallest absolute Gasteiger partial charge is 0.314 e. The van der Waals surface area contributed by atoms with Gasteiger partial charge in [0.25, 0.3) is 0 Å². The lowest BCUT2D eigenvalue weighted by Gasteiger charge is -2.19. The summed E-state index contributed by atoms with van der Waals surface area (Å²) in [5.74, 6) is -0.604. The lowest BCUT2D eigenvalue weighted by Crippen LogP contribution is -2.29. The van der Waals surface area contributed by atoms with Crippen LogP contribution in [0.25, 0.3) is 0 Å². The highest BCUT2D eigenvalue weighted by Crippen LogP contribution is 2.29. The van der Waals surface area contributed by atoms with Gasteiger partial charge >= 0.3 is 11.8 Å². The quantitative estimate of drug-likeness (QED) is 0.756. The first kappa shape index (κ1) is 20.2. The first-order valence-electron chi connectivity index (χ1n) is 9.18. The molecule has 0 bridgehead atoms. The van der Waals surface area contributed by atoms with Crippen molar-refractivity contribution < 1.29 is 23.9 Å². The van der Waals surface area contributed by atoms with E-state index in [4.69, 9.17) is 9.47 Å². The number of methoxy groups -OCH3 is 2. The van der Waals surface area contributed by atoms with Gasteiger partial charge in [-0.1, -0.05) is 0 Å². The van der Waals surface area contributed by atoms with E-state index in [-0.39, 0.29) is 5.91 Å². The van der Waals surface area contributed by atoms with Gasteiger partial charge in [0.05, 0.1) is 19.9 Å². The Morgan fingerprint density at radius 1 is 1.00 bits per heavy atom. The number of benzene rings is 2. The second-order valence-corrected chi connectivity index (χ2v) is 6.62. The molecule has 2 N–H and O–H groups in total. The summed E-state index contributed by atoms with van der Waals surface area (Å²) in [5.41, 5.74) is 2.49. The van der Waals surface area contributed by atoms with E-state index >= 15 is 0 Å². The van der Waals surface area contributed by atoms with Gasteiger partial charge < -0.3 is 25.0 Å². The number of amides is 3. The van der Waals surface area contributed by atoms with Gasteiger partial charge in [-0.15, -0.1) is 0 Å². The third-order valence-electron chi connectivity index (χ3n) is 4.68. The molecule has 8 heteroatoms. The van der Waals surface area contributed by atoms with Crippen LogP contribution in [0, 0.1) is 6.92 Å². The Balaban J connectivity index is 1.68. The Hall–Kier alpha value is -3.55. The molecule has 2 aromatic carbocycles. The van der Waals surface area contributed by atoms with Crippen molar-refractivity contribution in [3.05, 3.63) is 42.0 Å². The molecule has 0 aromatic heterocycles. The third kappa shape index (κ3) is 4.48. The molecule has 0 unspecified atom stereocenters. The molecule has 3 rings (SSSR count). The van der Waals surface area contributed by atoms with E-state index in [2.05, 4.69) is 10.6 Å². The summed E-state index contributed by atoms with van der Waals surface area (Å²) in [7, 11) is 2.98. The maximum atomic E-state index is 12.3. The largest absolute Gasteiger partial charge is 0.497 e. The Morgan fingerprint density at radius 2 is 1.76 bits per heavy atom. The van der Waals surface area contributed by atoms with Crippen molar-refractivity contribution in [2.75, 3.05) is 36.3 Å². The molecule has 0 aliphatic carbocycles. The minimum atomic E-state index is -0.829. The molecule has 29 heavy (non-hydrogen) atoms. The fourth-order valence-corrected chi connectivity index (χ4v) is 3.21. The molecule has 0 saturated carbocycles. The molecule has 1 saturated heterocycles. The fourth-order valence-electron chi connectivity index (χ4n) is 3.21. The third-order valence-corrected chi connectivity index (χ3v) is 4.68. The van der Waals surface area contributed by atoms with Crippen LogP contribution in [0.3, 0.4) is 0 Å². The Labute approximate surface area is 168 Å². The predicted molar refractivity (Wildman–Crippen MR) is 110 cm³/mol. The number of ether oxygens (including phenoxy) is 2. The average Bonchev–Trinajstić information content (AvgIpc) is 3.13. The minimum absolute atomic E-state index is 0.0951. The van der Waals surface area contributed by atoms with E-state index in [1.54, 1.807) is 41.3 Å². The van der Waals surface area contributed by atoms with Crippen LogP contribution in [0.15, 0.2) is 36.4 Å². The van der Waals surface area contributed by atoms with Gasteiger partial charge in [-0.3, -0.25) is 14.4 Å². The second kappa shape index (κ2) is 8.64. The van der Waals surface area contributed by atoms with Gasteiger partial charge in [0.2, 0.25) is 5.91 Å². The molecule has 152 valence electrons. The molecule has 8 nitrogen and oxygen atoms in total. The van der Waals surface area contributed by atoms with E-state index < -0.39 is 11.8 Å². The van der Waals surface area contributed by atoms with Crippen molar-refractivity contribution in [3.63, 3.8) is 0 Å². The van der Waals surface area contributed by atoms with Gasteiger partial charge in [-0.25, -0.2) is 0 Å². The molecule has 0 spiro atoms. The lowest BCUT2D eigenvalue weighted by atomic mass is 10.1. The zero-order valence-electron chi connectivity index (χ0n) is 16.6. The van der Waals surface area contributed by atoms with E-state index in [1.165, 1.54) is 14.2 Å². The standard InChI is InChI=1S/C21H23N3O5/c1-13-11-14(6-9-17(13)24-10-4-5-19(24)25)22-20(26)21(27)23-16-8-7-15(28-2)12-18(16)29-3/h6-9,11-12H,4-5,10H2,1-3H3,(H,22,26)(H,23,27). The fraction of sp³-hybridized carbons (Fsp3) is 0.286. The van der Waals surface area contributed by atoms with Crippen molar-refractivity contribution >= 4 is 34.8 Å². The first-order chi connectivity index (χ1) is 13.9. The van der Waals surface area contributed by atoms with Crippen LogP contribution in [-0.2, 0) is 14.4 Å². The molecule has 0 atom stereocenters. The van der Waals surface area contributed by atoms with E-state index in [0.29, 0.717) is 35.8 Å². The summed E-state index contributed by atoms with van der Waals surface area (Å²) in [4.78, 5) is 38.2. The van der Waals surface area contributed by atoms with Crippen LogP contribution in [0.5, 0.6) is 11.5 Å². The second-order valence-electron chi connectivity index (χ2n) is 6.62. The maximum absolute atomic E-state index is 12.3. The monoisotopic (exact) mass is 397 g/mol. The molecule has 1 fully saturated rings. The van der Waals surface area contributed by atoms with Crippen LogP contribution in [-0.4, -0.2) is 38.5 Å². The average molecular weight is 397 g/mol. The van der Waals surface area contributed by atoms with Gasteiger partial charge in [-0.05, 0) is 49.2 Å². The zero-order chi connectivity index (χ0) is 21.0. The van der Waals surface area contributed by atoms with Crippen molar-refractivity contribution in [2.24, 2.45) is 0 Å². The highest BCUT2D eigenvalue weighted by Gasteiger charge is 2.23. The Morgan fingerprint density at radius 3 is 2.38 bits per heavy atom. The summed E-state index contributed by atoms with van der Waals surface area (Å²) in [6.45, 7) is 2.55. The van der Waals surface area contributed by atoms with Crippen molar-refractivity contribution in [3.8, 4) is 11.5 Å². The van der Waals surface area contributed by atoms with Gasteiger partial charge in [0.1, 0.15) is 11.5 Å². The number of nitrogens with zero attached hydrogens (tertiary/aromatic N) is 1. The summed E-state index contributed by atoms with van der Waals surface area (Å²) in [6, 6.07) is 10.0. The van der Waals surface area contributed by atoms with Crippen molar-refractivity contribution in [1.29, 1.82) is 0 Å². The zero-order valence-corrected chi connectivity index (χ0v) is 16.6. The van der Waals surface area contributed by atoms with Gasteiger partial charge in [0.15, 0.2) is 0 Å². The highest BCUT2D eigenvalue weighted by molar-refractivity contribution is 6.43. The van der Waals surface area contributed by atoms with Crippen molar-refractivity contribution in [1.82, 2.24) is 0 Å². The number of carbonyl (C=O) groups excluding carboxylic acids is 3. The Kier molecular flexibility index (Phi) is 6.01. The summed E-state index contributed by atoms with van der Waals surface area (Å²) in [5, 5.41) is 5.10. The molecule has 1 aliphatic heterocycles. The number of nitrogens with one attached hydrogen (secondary N) is 2. The summed E-state index contributed by atoms with van der Waals surface area (Å²) >= 11 is 0. The van der Waals surface area contributed by atoms with E-state index in [1.807, 2.05) is 6.92 Å². The van der Waals surface area contributed by atoms with Crippen LogP contribution in [0.4, 0.5) is 17.1 Å². The van der Waals surface area contributed by atoms with Crippen LogP contribution < -0.4 is 25.0 Å². The molecule has 0 radical (unpaired) electrons. The van der Waals surface area contributed by atoms with E-state index in [9.17, 15) is 14.4 Å². The van der Waals surface area contributed by atoms with Gasteiger partial charge in [-0.2, -0.15) is 0 Å². The first-order valence-corrected chi connectivity index (χ1v) is 9.18. The maximum Gasteiger partial charge on any atom is 0.314 e. The highest BCUT2D eigenvalue weighted by atomic mass is 16.5. The molecule has 1 aliphatic rings. The summed E-state index contributed by atoms with van der Waals surface area (Å²) < 4.78 is 10.3. The van der Waals surface area contributed by atoms with E-state index in [0.717, 1.165) is 17.7 Å². The molecule has 2 aromatic rings. The molecular formula is C21H23N3O5. The lowest BCUT2D eigenvalue weighted by molar-refractivity contribution is -0.133. The number of anilines is 3. The summed E-state index contributed by atoms with van der Waals surface area (Å²) in [6.07, 6.45) is 1.39. The SMILES string of the molecule is COc1ccc(NC(=O)C(=O)Nc2ccc(N3CCCC3=O)c(C)c2)c(OC)c1. The predicted octanol–water partition coefficient (Wildman–Crippen LogP) is 2.72. The number of hydrogen-bond donors (Lipinski definition) is 2. The Bertz CT molecular complexity index is 957. The number of aryl methyl sites for hydroxylation is 1. The topological polar surface area (TPSA) is 97.0 Å². The molecule has 3 amide bonds.